The summed E-state index contributed by atoms with van der Waals surface area (Å²) in [6.07, 6.45) is 5.22. The van der Waals surface area contributed by atoms with Crippen molar-refractivity contribution in [1.82, 2.24) is 4.90 Å². The number of allylic oxidation sites excluding steroid dienone is 2. The molecule has 3 heterocycles. The van der Waals surface area contributed by atoms with Crippen molar-refractivity contribution in [2.24, 2.45) is 35.5 Å². The lowest BCUT2D eigenvalue weighted by Gasteiger charge is -2.44. The van der Waals surface area contributed by atoms with Gasteiger partial charge in [0.05, 0.1) is 36.9 Å². The molecule has 6 aliphatic rings. The van der Waals surface area contributed by atoms with Crippen molar-refractivity contribution < 1.29 is 52.6 Å². The molecule has 0 amide bonds. The van der Waals surface area contributed by atoms with Crippen molar-refractivity contribution in [2.45, 2.75) is 165 Å². The van der Waals surface area contributed by atoms with Crippen molar-refractivity contribution >= 4 is 11.8 Å². The largest absolute Gasteiger partial charge is 0.462 e. The minimum atomic E-state index is -0.656. The van der Waals surface area contributed by atoms with E-state index in [1.807, 2.05) is 20.8 Å². The number of fused-ring (bicyclic) bond motifs is 5. The molecule has 12 heteroatoms. The van der Waals surface area contributed by atoms with Gasteiger partial charge in [-0.2, -0.15) is 0 Å². The molecule has 12 nitrogen and oxygen atoms in total. The van der Waals surface area contributed by atoms with E-state index in [-0.39, 0.29) is 90.9 Å². The second kappa shape index (κ2) is 17.8. The molecule has 18 atom stereocenters. The molecule has 1 N–H and O–H groups in total. The SMILES string of the molecule is CC[C@H]1CCC[C@H](O[C@H]2CC[C@H](N(C)C)C(C)O2)[C@@H](C)C(=O)C2=C[C@H]3[C@@H]4C[C@H](O[C@@H]5OC(C)[C@H](OC)C(OC)C5OC)C[C@H]4C[C@H](O)[C@H]3[C@@H]2CC(=O)O1. The highest BCUT2D eigenvalue weighted by molar-refractivity contribution is 5.99. The number of hydrogen-bond donors (Lipinski definition) is 1. The number of nitrogens with zero attached hydrogens (tertiary/aromatic N) is 1. The fourth-order valence-electron chi connectivity index (χ4n) is 11.0. The maximum absolute atomic E-state index is 14.7. The number of carbonyl (C=O) groups excluding carboxylic acids is 2. The van der Waals surface area contributed by atoms with Crippen LogP contribution in [0.1, 0.15) is 91.9 Å². The first-order valence-corrected chi connectivity index (χ1v) is 20.4. The van der Waals surface area contributed by atoms with E-state index < -0.39 is 30.3 Å². The van der Waals surface area contributed by atoms with E-state index in [1.165, 1.54) is 0 Å². The molecule has 0 spiro atoms. The Morgan fingerprint density at radius 1 is 0.868 bits per heavy atom. The van der Waals surface area contributed by atoms with Crippen molar-refractivity contribution in [3.63, 3.8) is 0 Å². The van der Waals surface area contributed by atoms with Gasteiger partial charge in [-0.1, -0.05) is 19.9 Å². The third-order valence-corrected chi connectivity index (χ3v) is 13.7. The second-order valence-electron chi connectivity index (χ2n) is 17.0. The van der Waals surface area contributed by atoms with Crippen LogP contribution in [-0.2, 0) is 47.5 Å². The summed E-state index contributed by atoms with van der Waals surface area (Å²) in [4.78, 5) is 30.4. The lowest BCUT2D eigenvalue weighted by atomic mass is 9.65. The van der Waals surface area contributed by atoms with Gasteiger partial charge in [0, 0.05) is 39.2 Å². The number of ether oxygens (including phenoxy) is 8. The first kappa shape index (κ1) is 41.2. The quantitative estimate of drug-likeness (QED) is 0.329. The number of aliphatic hydroxyl groups is 1. The zero-order valence-electron chi connectivity index (χ0n) is 33.5. The van der Waals surface area contributed by atoms with Crippen LogP contribution in [0.3, 0.4) is 0 Å². The lowest BCUT2D eigenvalue weighted by Crippen LogP contribution is -2.59. The van der Waals surface area contributed by atoms with Crippen LogP contribution in [0, 0.1) is 35.5 Å². The minimum absolute atomic E-state index is 0.00484. The zero-order valence-corrected chi connectivity index (χ0v) is 33.5. The normalized spacial score (nSPS) is 46.8. The molecule has 2 saturated carbocycles. The van der Waals surface area contributed by atoms with E-state index in [0.29, 0.717) is 30.9 Å². The van der Waals surface area contributed by atoms with E-state index in [9.17, 15) is 14.7 Å². The van der Waals surface area contributed by atoms with Crippen molar-refractivity contribution in [3.8, 4) is 0 Å². The maximum atomic E-state index is 14.7. The zero-order chi connectivity index (χ0) is 38.1. The highest BCUT2D eigenvalue weighted by atomic mass is 16.7. The number of rotatable bonds is 9. The lowest BCUT2D eigenvalue weighted by molar-refractivity contribution is -0.314. The molecule has 302 valence electrons. The summed E-state index contributed by atoms with van der Waals surface area (Å²) in [5, 5.41) is 11.8. The molecular formula is C41H67NO11. The van der Waals surface area contributed by atoms with Crippen LogP contribution in [0.4, 0.5) is 0 Å². The third-order valence-electron chi connectivity index (χ3n) is 13.7. The van der Waals surface area contributed by atoms with E-state index in [1.54, 1.807) is 21.3 Å². The number of ketones is 1. The van der Waals surface area contributed by atoms with E-state index in [4.69, 9.17) is 37.9 Å². The number of esters is 1. The Balaban J connectivity index is 1.22. The van der Waals surface area contributed by atoms with Crippen LogP contribution >= 0.6 is 0 Å². The maximum Gasteiger partial charge on any atom is 0.306 e. The van der Waals surface area contributed by atoms with Crippen LogP contribution < -0.4 is 0 Å². The molecule has 0 radical (unpaired) electrons. The van der Waals surface area contributed by atoms with Gasteiger partial charge in [-0.25, -0.2) is 0 Å². The van der Waals surface area contributed by atoms with Crippen LogP contribution in [0.2, 0.25) is 0 Å². The average Bonchev–Trinajstić information content (AvgIpc) is 3.70. The minimum Gasteiger partial charge on any atom is -0.462 e. The molecule has 3 saturated heterocycles. The average molecular weight is 750 g/mol. The summed E-state index contributed by atoms with van der Waals surface area (Å²) >= 11 is 0. The van der Waals surface area contributed by atoms with Crippen LogP contribution in [0.25, 0.3) is 0 Å². The molecule has 3 aliphatic carbocycles. The number of aliphatic hydroxyl groups excluding tert-OH is 1. The second-order valence-corrected chi connectivity index (χ2v) is 17.0. The van der Waals surface area contributed by atoms with Gasteiger partial charge in [0.15, 0.2) is 18.4 Å². The number of cyclic esters (lactones) is 1. The van der Waals surface area contributed by atoms with Gasteiger partial charge in [-0.3, -0.25) is 9.59 Å². The number of likely N-dealkylation sites (N-methyl/N-ethyl adjacent to an activating group) is 1. The Labute approximate surface area is 316 Å². The predicted octanol–water partition coefficient (Wildman–Crippen LogP) is 4.68. The molecule has 6 rings (SSSR count). The molecular weight excluding hydrogens is 682 g/mol. The summed E-state index contributed by atoms with van der Waals surface area (Å²) in [6, 6.07) is 0.319. The van der Waals surface area contributed by atoms with Gasteiger partial charge in [0.2, 0.25) is 0 Å². The summed E-state index contributed by atoms with van der Waals surface area (Å²) < 4.78 is 49.5. The topological polar surface area (TPSA) is 131 Å². The van der Waals surface area contributed by atoms with Crippen molar-refractivity contribution in [3.05, 3.63) is 11.6 Å². The standard InChI is InChI=1S/C41H67NO11/c1-10-25-12-11-13-33(53-35-15-14-31(42(5)6)22(3)49-35)21(2)37(45)30-19-28-27-18-26(16-24(27)17-32(43)36(28)29(30)20-34(44)51-25)52-41-40(48-9)39(47-8)38(46-7)23(4)50-41/h19,21-29,31-33,35-36,38-41,43H,10-18,20H2,1-9H3/t21-,22?,23?,24+,25+,26-,27-,28+,29-,31+,32+,33+,35+,36-,38+,39?,40?,41+/m1/s1. The highest BCUT2D eigenvalue weighted by Crippen LogP contribution is 2.57. The van der Waals surface area contributed by atoms with Gasteiger partial charge in [-0.15, -0.1) is 0 Å². The summed E-state index contributed by atoms with van der Waals surface area (Å²) in [6.45, 7) is 8.06. The van der Waals surface area contributed by atoms with E-state index in [0.717, 1.165) is 38.5 Å². The Morgan fingerprint density at radius 2 is 1.60 bits per heavy atom. The first-order valence-electron chi connectivity index (χ1n) is 20.4. The van der Waals surface area contributed by atoms with Crippen LogP contribution in [0.15, 0.2) is 11.6 Å². The smallest absolute Gasteiger partial charge is 0.306 e. The monoisotopic (exact) mass is 749 g/mol. The van der Waals surface area contributed by atoms with E-state index >= 15 is 0 Å². The summed E-state index contributed by atoms with van der Waals surface area (Å²) in [7, 11) is 9.07. The molecule has 4 unspecified atom stereocenters. The van der Waals surface area contributed by atoms with Gasteiger partial charge >= 0.3 is 5.97 Å². The van der Waals surface area contributed by atoms with Gasteiger partial charge in [0.1, 0.15) is 24.4 Å². The summed E-state index contributed by atoms with van der Waals surface area (Å²) in [5.74, 6) is -1.06. The van der Waals surface area contributed by atoms with Gasteiger partial charge in [0.25, 0.3) is 0 Å². The van der Waals surface area contributed by atoms with Crippen LogP contribution in [-0.4, -0.2) is 131 Å². The number of hydrogen-bond acceptors (Lipinski definition) is 12. The molecule has 3 aliphatic heterocycles. The molecule has 0 bridgehead atoms. The molecule has 53 heavy (non-hydrogen) atoms. The molecule has 0 aromatic carbocycles. The highest BCUT2D eigenvalue weighted by Gasteiger charge is 2.56. The Morgan fingerprint density at radius 3 is 2.26 bits per heavy atom. The van der Waals surface area contributed by atoms with Crippen LogP contribution in [0.5, 0.6) is 0 Å². The van der Waals surface area contributed by atoms with Gasteiger partial charge in [-0.05, 0) is 115 Å². The summed E-state index contributed by atoms with van der Waals surface area (Å²) in [5.41, 5.74) is 0.652. The molecule has 0 aromatic rings. The molecule has 0 aromatic heterocycles. The number of carbonyl (C=O) groups is 2. The number of methoxy groups -OCH3 is 3. The molecule has 5 fully saturated rings. The Hall–Kier alpha value is -1.48. The first-order chi connectivity index (χ1) is 25.4. The Bertz CT molecular complexity index is 1280. The fraction of sp³-hybridized carbons (Fsp3) is 0.902. The fourth-order valence-corrected chi connectivity index (χ4v) is 11.0. The van der Waals surface area contributed by atoms with E-state index in [2.05, 4.69) is 32.0 Å². The third kappa shape index (κ3) is 8.61. The predicted molar refractivity (Wildman–Crippen MR) is 196 cm³/mol. The van der Waals surface area contributed by atoms with Crippen molar-refractivity contribution in [1.29, 1.82) is 0 Å². The Kier molecular flexibility index (Phi) is 13.8. The van der Waals surface area contributed by atoms with Gasteiger partial charge < -0.3 is 47.9 Å². The van der Waals surface area contributed by atoms with Crippen molar-refractivity contribution in [2.75, 3.05) is 35.4 Å². The number of Topliss-reactive ketones (excluding diaryl/α,β-unsaturated/α-hetero) is 1.